The van der Waals surface area contributed by atoms with E-state index in [2.05, 4.69) is 10.3 Å². The number of hydrogen-bond donors (Lipinski definition) is 2. The zero-order valence-corrected chi connectivity index (χ0v) is 8.19. The largest absolute Gasteiger partial charge is 0.395 e. The van der Waals surface area contributed by atoms with Gasteiger partial charge in [0.1, 0.15) is 0 Å². The molecule has 0 bridgehead atoms. The highest BCUT2D eigenvalue weighted by atomic mass is 16.3. The van der Waals surface area contributed by atoms with Crippen LogP contribution < -0.4 is 5.32 Å². The average molecular weight is 192 g/mol. The summed E-state index contributed by atoms with van der Waals surface area (Å²) in [6.45, 7) is 0.873. The summed E-state index contributed by atoms with van der Waals surface area (Å²) in [6.07, 6.45) is 6.24. The van der Waals surface area contributed by atoms with Gasteiger partial charge in [0.25, 0.3) is 0 Å². The van der Waals surface area contributed by atoms with Crippen LogP contribution in [0.3, 0.4) is 0 Å². The lowest BCUT2D eigenvalue weighted by Gasteiger charge is -2.17. The van der Waals surface area contributed by atoms with E-state index in [4.69, 9.17) is 5.11 Å². The Bertz CT molecular complexity index is 272. The van der Waals surface area contributed by atoms with Crippen molar-refractivity contribution in [2.24, 2.45) is 5.92 Å². The molecule has 2 rings (SSSR count). The molecule has 3 nitrogen and oxygen atoms in total. The van der Waals surface area contributed by atoms with Crippen LogP contribution in [0.25, 0.3) is 0 Å². The van der Waals surface area contributed by atoms with Crippen LogP contribution >= 0.6 is 0 Å². The number of pyridine rings is 1. The van der Waals surface area contributed by atoms with Gasteiger partial charge >= 0.3 is 0 Å². The monoisotopic (exact) mass is 192 g/mol. The summed E-state index contributed by atoms with van der Waals surface area (Å²) in [5.74, 6) is 0.754. The van der Waals surface area contributed by atoms with E-state index in [1.165, 1.54) is 18.4 Å². The van der Waals surface area contributed by atoms with Crippen molar-refractivity contribution in [1.82, 2.24) is 10.3 Å². The average Bonchev–Trinajstić information content (AvgIpc) is 3.04. The van der Waals surface area contributed by atoms with Crippen molar-refractivity contribution in [1.29, 1.82) is 0 Å². The highest BCUT2D eigenvalue weighted by Gasteiger charge is 2.31. The molecule has 1 unspecified atom stereocenters. The van der Waals surface area contributed by atoms with Gasteiger partial charge in [0.15, 0.2) is 0 Å². The summed E-state index contributed by atoms with van der Waals surface area (Å²) < 4.78 is 0. The van der Waals surface area contributed by atoms with Gasteiger partial charge < -0.3 is 10.4 Å². The van der Waals surface area contributed by atoms with Crippen LogP contribution in [0.2, 0.25) is 0 Å². The Balaban J connectivity index is 2.02. The fourth-order valence-corrected chi connectivity index (χ4v) is 1.78. The van der Waals surface area contributed by atoms with Gasteiger partial charge in [0.05, 0.1) is 6.61 Å². The first-order valence-electron chi connectivity index (χ1n) is 5.16. The van der Waals surface area contributed by atoms with Gasteiger partial charge in [-0.15, -0.1) is 0 Å². The molecule has 14 heavy (non-hydrogen) atoms. The van der Waals surface area contributed by atoms with E-state index in [9.17, 15) is 0 Å². The molecule has 1 aromatic heterocycles. The minimum atomic E-state index is 0.203. The third-order valence-corrected chi connectivity index (χ3v) is 2.63. The lowest BCUT2D eigenvalue weighted by Crippen LogP contribution is -2.25. The summed E-state index contributed by atoms with van der Waals surface area (Å²) in [7, 11) is 0. The minimum Gasteiger partial charge on any atom is -0.395 e. The van der Waals surface area contributed by atoms with Gasteiger partial charge in [-0.1, -0.05) is 0 Å². The van der Waals surface area contributed by atoms with Crippen LogP contribution in [0.4, 0.5) is 0 Å². The fraction of sp³-hybridized carbons (Fsp3) is 0.545. The molecule has 0 aliphatic heterocycles. The number of nitrogens with zero attached hydrogens (tertiary/aromatic N) is 1. The van der Waals surface area contributed by atoms with Crippen LogP contribution in [-0.2, 0) is 0 Å². The zero-order valence-electron chi connectivity index (χ0n) is 8.19. The van der Waals surface area contributed by atoms with Gasteiger partial charge in [-0.2, -0.15) is 0 Å². The maximum absolute atomic E-state index is 8.79. The van der Waals surface area contributed by atoms with Crippen molar-refractivity contribution in [3.05, 3.63) is 30.1 Å². The summed E-state index contributed by atoms with van der Waals surface area (Å²) in [6, 6.07) is 4.51. The lowest BCUT2D eigenvalue weighted by atomic mass is 10.0. The standard InChI is InChI=1S/C11H16N2O/c14-8-7-13-11(9-1-2-9)10-3-5-12-6-4-10/h3-6,9,11,13-14H,1-2,7-8H2. The maximum atomic E-state index is 8.79. The Hall–Kier alpha value is -0.930. The number of nitrogens with one attached hydrogen (secondary N) is 1. The SMILES string of the molecule is OCCNC(c1ccncc1)C1CC1. The smallest absolute Gasteiger partial charge is 0.0556 e. The molecule has 1 aliphatic carbocycles. The second kappa shape index (κ2) is 4.53. The molecule has 1 heterocycles. The zero-order chi connectivity index (χ0) is 9.80. The minimum absolute atomic E-state index is 0.203. The van der Waals surface area contributed by atoms with E-state index >= 15 is 0 Å². The Morgan fingerprint density at radius 1 is 1.43 bits per heavy atom. The highest BCUT2D eigenvalue weighted by molar-refractivity contribution is 5.17. The Morgan fingerprint density at radius 2 is 2.14 bits per heavy atom. The molecule has 1 saturated carbocycles. The topological polar surface area (TPSA) is 45.1 Å². The lowest BCUT2D eigenvalue weighted by molar-refractivity contribution is 0.280. The van der Waals surface area contributed by atoms with Gasteiger partial charge in [-0.25, -0.2) is 0 Å². The summed E-state index contributed by atoms with van der Waals surface area (Å²) in [5, 5.41) is 12.2. The molecular formula is C11H16N2O. The molecule has 0 aromatic carbocycles. The van der Waals surface area contributed by atoms with Gasteiger partial charge in [0, 0.05) is 25.0 Å². The number of hydrogen-bond acceptors (Lipinski definition) is 3. The second-order valence-electron chi connectivity index (χ2n) is 3.77. The second-order valence-corrected chi connectivity index (χ2v) is 3.77. The van der Waals surface area contributed by atoms with E-state index in [0.29, 0.717) is 12.6 Å². The molecule has 1 fully saturated rings. The Labute approximate surface area is 84.2 Å². The van der Waals surface area contributed by atoms with E-state index < -0.39 is 0 Å². The molecule has 2 N–H and O–H groups in total. The molecule has 3 heteroatoms. The van der Waals surface area contributed by atoms with Crippen molar-refractivity contribution in [2.45, 2.75) is 18.9 Å². The van der Waals surface area contributed by atoms with Crippen molar-refractivity contribution in [3.63, 3.8) is 0 Å². The molecule has 1 aliphatic rings. The van der Waals surface area contributed by atoms with E-state index in [-0.39, 0.29) is 6.61 Å². The van der Waals surface area contributed by atoms with Crippen LogP contribution in [0, 0.1) is 5.92 Å². The van der Waals surface area contributed by atoms with Crippen LogP contribution in [0.5, 0.6) is 0 Å². The van der Waals surface area contributed by atoms with Gasteiger partial charge in [-0.05, 0) is 36.5 Å². The van der Waals surface area contributed by atoms with E-state index in [1.54, 1.807) is 0 Å². The molecule has 0 saturated heterocycles. The summed E-state index contributed by atoms with van der Waals surface area (Å²) in [4.78, 5) is 4.01. The first-order valence-corrected chi connectivity index (χ1v) is 5.16. The fourth-order valence-electron chi connectivity index (χ4n) is 1.78. The number of aliphatic hydroxyl groups excluding tert-OH is 1. The highest BCUT2D eigenvalue weighted by Crippen LogP contribution is 2.40. The van der Waals surface area contributed by atoms with E-state index in [0.717, 1.165) is 5.92 Å². The molecule has 76 valence electrons. The predicted molar refractivity (Wildman–Crippen MR) is 54.8 cm³/mol. The molecule has 0 amide bonds. The third kappa shape index (κ3) is 2.30. The quantitative estimate of drug-likeness (QED) is 0.734. The number of aliphatic hydroxyl groups is 1. The van der Waals surface area contributed by atoms with Crippen molar-refractivity contribution in [2.75, 3.05) is 13.2 Å². The first kappa shape index (κ1) is 9.62. The van der Waals surface area contributed by atoms with Crippen molar-refractivity contribution in [3.8, 4) is 0 Å². The van der Waals surface area contributed by atoms with Gasteiger partial charge in [-0.3, -0.25) is 4.98 Å². The number of rotatable bonds is 5. The molecule has 0 spiro atoms. The Morgan fingerprint density at radius 3 is 2.71 bits per heavy atom. The number of aromatic nitrogens is 1. The van der Waals surface area contributed by atoms with Crippen LogP contribution in [0.1, 0.15) is 24.4 Å². The molecular weight excluding hydrogens is 176 g/mol. The van der Waals surface area contributed by atoms with Crippen LogP contribution in [-0.4, -0.2) is 23.2 Å². The normalized spacial score (nSPS) is 18.1. The van der Waals surface area contributed by atoms with E-state index in [1.807, 2.05) is 24.5 Å². The molecule has 0 radical (unpaired) electrons. The molecule has 1 aromatic rings. The maximum Gasteiger partial charge on any atom is 0.0556 e. The first-order chi connectivity index (χ1) is 6.92. The summed E-state index contributed by atoms with van der Waals surface area (Å²) in [5.41, 5.74) is 1.29. The third-order valence-electron chi connectivity index (χ3n) is 2.63. The molecule has 1 atom stereocenters. The predicted octanol–water partition coefficient (Wildman–Crippen LogP) is 1.11. The van der Waals surface area contributed by atoms with Crippen molar-refractivity contribution < 1.29 is 5.11 Å². The van der Waals surface area contributed by atoms with Crippen LogP contribution in [0.15, 0.2) is 24.5 Å². The van der Waals surface area contributed by atoms with Gasteiger partial charge in [0.2, 0.25) is 0 Å². The Kier molecular flexibility index (Phi) is 3.11. The summed E-state index contributed by atoms with van der Waals surface area (Å²) >= 11 is 0. The van der Waals surface area contributed by atoms with Crippen molar-refractivity contribution >= 4 is 0 Å².